The lowest BCUT2D eigenvalue weighted by atomic mass is 9.89. The summed E-state index contributed by atoms with van der Waals surface area (Å²) in [5.74, 6) is 0.436. The number of aromatic nitrogens is 1. The Balaban J connectivity index is 1.37. The van der Waals surface area contributed by atoms with Crippen LogP contribution in [-0.2, 0) is 27.1 Å². The molecule has 0 saturated carbocycles. The number of aliphatic hydroxyl groups excluding tert-OH is 1. The van der Waals surface area contributed by atoms with Crippen LogP contribution in [0.4, 0.5) is 5.82 Å². The number of fused-ring (bicyclic) bond motifs is 2. The van der Waals surface area contributed by atoms with E-state index in [0.29, 0.717) is 48.6 Å². The van der Waals surface area contributed by atoms with E-state index in [1.54, 1.807) is 39.1 Å². The lowest BCUT2D eigenvalue weighted by Gasteiger charge is -2.39. The second kappa shape index (κ2) is 9.59. The van der Waals surface area contributed by atoms with Gasteiger partial charge in [-0.15, -0.1) is 0 Å². The van der Waals surface area contributed by atoms with E-state index in [4.69, 9.17) is 24.4 Å². The molecule has 2 aliphatic heterocycles. The zero-order chi connectivity index (χ0) is 27.2. The molecule has 10 heteroatoms. The smallest absolute Gasteiger partial charge is 0.341 e. The molecule has 38 heavy (non-hydrogen) atoms. The number of hydrogen-bond acceptors (Lipinski definition) is 10. The first-order valence-electron chi connectivity index (χ1n) is 12.7. The van der Waals surface area contributed by atoms with Crippen molar-refractivity contribution in [2.75, 3.05) is 12.3 Å². The van der Waals surface area contributed by atoms with E-state index in [2.05, 4.69) is 4.98 Å². The second-order valence-electron chi connectivity index (χ2n) is 10.6. The van der Waals surface area contributed by atoms with Gasteiger partial charge in [-0.3, -0.25) is 4.79 Å². The van der Waals surface area contributed by atoms with Gasteiger partial charge in [-0.2, -0.15) is 0 Å². The van der Waals surface area contributed by atoms with Crippen molar-refractivity contribution in [3.05, 3.63) is 57.6 Å². The summed E-state index contributed by atoms with van der Waals surface area (Å²) >= 11 is 0. The van der Waals surface area contributed by atoms with Gasteiger partial charge >= 0.3 is 5.97 Å². The zero-order valence-electron chi connectivity index (χ0n) is 21.7. The SMILES string of the molecule is Cc1cc(=O)c2c(O)c3c(cc2o1)OC(C)(C)[C@H](OC(=O)[C@@]1(CCCO)O[C@@H]1CCc1ccnc(N)c1)C3. The molecule has 2 aliphatic rings. The summed E-state index contributed by atoms with van der Waals surface area (Å²) in [6, 6.07) is 6.56. The molecule has 0 radical (unpaired) electrons. The number of carbonyl (C=O) groups is 1. The number of nitrogen functional groups attached to an aromatic ring is 1. The summed E-state index contributed by atoms with van der Waals surface area (Å²) in [5.41, 5.74) is 4.89. The maximum atomic E-state index is 13.5. The number of pyridine rings is 1. The number of aryl methyl sites for hydroxylation is 2. The largest absolute Gasteiger partial charge is 0.507 e. The maximum Gasteiger partial charge on any atom is 0.341 e. The number of nitrogens with two attached hydrogens (primary N) is 1. The van der Waals surface area contributed by atoms with Crippen molar-refractivity contribution in [1.29, 1.82) is 0 Å². The van der Waals surface area contributed by atoms with Gasteiger partial charge in [0, 0.05) is 36.9 Å². The van der Waals surface area contributed by atoms with Crippen LogP contribution in [0.25, 0.3) is 11.0 Å². The van der Waals surface area contributed by atoms with Gasteiger partial charge in [0.05, 0.1) is 6.10 Å². The third-order valence-electron chi connectivity index (χ3n) is 7.38. The van der Waals surface area contributed by atoms with Crippen molar-refractivity contribution in [2.45, 2.75) is 76.3 Å². The topological polar surface area (TPSA) is 158 Å². The lowest BCUT2D eigenvalue weighted by molar-refractivity contribution is -0.168. The summed E-state index contributed by atoms with van der Waals surface area (Å²) in [4.78, 5) is 30.1. The molecule has 0 aliphatic carbocycles. The van der Waals surface area contributed by atoms with Gasteiger partial charge < -0.3 is 34.6 Å². The molecule has 10 nitrogen and oxygen atoms in total. The molecule has 202 valence electrons. The average molecular weight is 525 g/mol. The number of phenols is 1. The molecule has 0 spiro atoms. The van der Waals surface area contributed by atoms with Crippen LogP contribution >= 0.6 is 0 Å². The third kappa shape index (κ3) is 4.69. The van der Waals surface area contributed by atoms with Crippen molar-refractivity contribution < 1.29 is 33.6 Å². The Kier molecular flexibility index (Phi) is 6.56. The number of carbonyl (C=O) groups excluding carboxylic acids is 1. The number of esters is 1. The fourth-order valence-corrected chi connectivity index (χ4v) is 5.22. The van der Waals surface area contributed by atoms with E-state index in [1.165, 1.54) is 6.07 Å². The molecule has 1 saturated heterocycles. The van der Waals surface area contributed by atoms with Gasteiger partial charge in [0.15, 0.2) is 11.0 Å². The first-order valence-corrected chi connectivity index (χ1v) is 12.7. The van der Waals surface area contributed by atoms with E-state index in [1.807, 2.05) is 6.07 Å². The predicted octanol–water partition coefficient (Wildman–Crippen LogP) is 2.95. The minimum atomic E-state index is -1.16. The van der Waals surface area contributed by atoms with Crippen LogP contribution in [-0.4, -0.2) is 51.2 Å². The fraction of sp³-hybridized carbons (Fsp3) is 0.464. The number of phenolic OH excluding ortho intramolecular Hbond substituents is 1. The Morgan fingerprint density at radius 1 is 1.29 bits per heavy atom. The van der Waals surface area contributed by atoms with Crippen LogP contribution in [0.3, 0.4) is 0 Å². The summed E-state index contributed by atoms with van der Waals surface area (Å²) in [6.07, 6.45) is 2.54. The van der Waals surface area contributed by atoms with E-state index in [9.17, 15) is 19.8 Å². The molecule has 4 N–H and O–H groups in total. The van der Waals surface area contributed by atoms with E-state index in [-0.39, 0.29) is 41.3 Å². The number of anilines is 1. The molecule has 1 fully saturated rings. The summed E-state index contributed by atoms with van der Waals surface area (Å²) in [7, 11) is 0. The number of nitrogens with zero attached hydrogens (tertiary/aromatic N) is 1. The molecule has 2 aromatic heterocycles. The van der Waals surface area contributed by atoms with Crippen LogP contribution in [0, 0.1) is 6.92 Å². The van der Waals surface area contributed by atoms with Gasteiger partial charge in [-0.1, -0.05) is 0 Å². The highest BCUT2D eigenvalue weighted by Gasteiger charge is 2.63. The summed E-state index contributed by atoms with van der Waals surface area (Å²) < 4.78 is 23.7. The van der Waals surface area contributed by atoms with Crippen molar-refractivity contribution in [3.63, 3.8) is 0 Å². The van der Waals surface area contributed by atoms with E-state index < -0.39 is 23.3 Å². The average Bonchev–Trinajstić information content (AvgIpc) is 3.56. The minimum Gasteiger partial charge on any atom is -0.507 e. The normalized spacial score (nSPS) is 23.5. The molecule has 4 heterocycles. The predicted molar refractivity (Wildman–Crippen MR) is 138 cm³/mol. The lowest BCUT2D eigenvalue weighted by Crippen LogP contribution is -2.50. The first kappa shape index (κ1) is 26.0. The van der Waals surface area contributed by atoms with Gasteiger partial charge in [-0.05, 0) is 64.2 Å². The molecule has 0 bridgehead atoms. The Hall–Kier alpha value is -3.63. The highest BCUT2D eigenvalue weighted by atomic mass is 16.7. The molecule has 5 rings (SSSR count). The van der Waals surface area contributed by atoms with Crippen LogP contribution in [0.1, 0.15) is 50.0 Å². The fourth-order valence-electron chi connectivity index (χ4n) is 5.22. The molecular weight excluding hydrogens is 492 g/mol. The van der Waals surface area contributed by atoms with Gasteiger partial charge in [0.2, 0.25) is 0 Å². The highest BCUT2D eigenvalue weighted by molar-refractivity contribution is 5.87. The standard InChI is InChI=1S/C28H32N2O8/c1-15-11-18(32)24-20(35-15)14-19-17(25(24)33)13-22(27(2,3)37-19)36-26(34)28(8-4-10-31)21(38-28)6-5-16-7-9-30-23(29)12-16/h7,9,11-12,14,21-22,31,33H,4-6,8,10,13H2,1-3H3,(H2,29,30)/t21-,22-,28+/m1/s1. The van der Waals surface area contributed by atoms with Crippen LogP contribution in [0.5, 0.6) is 11.5 Å². The zero-order valence-corrected chi connectivity index (χ0v) is 21.7. The number of aromatic hydroxyl groups is 1. The van der Waals surface area contributed by atoms with Crippen LogP contribution in [0.15, 0.2) is 39.7 Å². The molecule has 0 unspecified atom stereocenters. The van der Waals surface area contributed by atoms with Crippen molar-refractivity contribution >= 4 is 22.8 Å². The Morgan fingerprint density at radius 2 is 2.08 bits per heavy atom. The number of epoxide rings is 1. The first-order chi connectivity index (χ1) is 18.0. The number of benzene rings is 1. The summed E-state index contributed by atoms with van der Waals surface area (Å²) in [6.45, 7) is 5.16. The minimum absolute atomic E-state index is 0.0597. The monoisotopic (exact) mass is 524 g/mol. The van der Waals surface area contributed by atoms with Gasteiger partial charge in [-0.25, -0.2) is 9.78 Å². The number of ether oxygens (including phenoxy) is 3. The molecule has 3 aromatic rings. The van der Waals surface area contributed by atoms with Crippen molar-refractivity contribution in [3.8, 4) is 11.5 Å². The van der Waals surface area contributed by atoms with Crippen molar-refractivity contribution in [2.24, 2.45) is 0 Å². The molecule has 1 aromatic carbocycles. The molecular formula is C28H32N2O8. The highest BCUT2D eigenvalue weighted by Crippen LogP contribution is 2.47. The Bertz CT molecular complexity index is 1450. The molecule has 3 atom stereocenters. The third-order valence-corrected chi connectivity index (χ3v) is 7.38. The Labute approximate surface area is 219 Å². The van der Waals surface area contributed by atoms with E-state index >= 15 is 0 Å². The Morgan fingerprint density at radius 3 is 2.82 bits per heavy atom. The second-order valence-corrected chi connectivity index (χ2v) is 10.6. The van der Waals surface area contributed by atoms with Crippen molar-refractivity contribution in [1.82, 2.24) is 4.98 Å². The summed E-state index contributed by atoms with van der Waals surface area (Å²) in [5, 5.41) is 20.5. The van der Waals surface area contributed by atoms with Crippen LogP contribution < -0.4 is 15.9 Å². The molecule has 0 amide bonds. The number of aliphatic hydroxyl groups is 1. The van der Waals surface area contributed by atoms with Crippen LogP contribution in [0.2, 0.25) is 0 Å². The van der Waals surface area contributed by atoms with Gasteiger partial charge in [0.25, 0.3) is 0 Å². The quantitative estimate of drug-likeness (QED) is 0.295. The van der Waals surface area contributed by atoms with Gasteiger partial charge in [0.1, 0.15) is 45.8 Å². The van der Waals surface area contributed by atoms with E-state index in [0.717, 1.165) is 5.56 Å². The number of hydrogen-bond donors (Lipinski definition) is 3. The maximum absolute atomic E-state index is 13.5. The number of rotatable bonds is 8.